The minimum absolute atomic E-state index is 0.146. The Balaban J connectivity index is 2.05. The Morgan fingerprint density at radius 2 is 1.90 bits per heavy atom. The maximum Gasteiger partial charge on any atom is 0.128 e. The smallest absolute Gasteiger partial charge is 0.128 e. The van der Waals surface area contributed by atoms with Gasteiger partial charge < -0.3 is 11.1 Å². The Morgan fingerprint density at radius 3 is 2.45 bits per heavy atom. The zero-order valence-electron chi connectivity index (χ0n) is 11.8. The van der Waals surface area contributed by atoms with E-state index in [4.69, 9.17) is 5.73 Å². The van der Waals surface area contributed by atoms with Crippen molar-refractivity contribution in [2.75, 3.05) is 12.8 Å². The Bertz CT molecular complexity index is 576. The predicted molar refractivity (Wildman–Crippen MR) is 82.4 cm³/mol. The molecular weight excluding hydrogens is 246 g/mol. The van der Waals surface area contributed by atoms with Gasteiger partial charge in [-0.1, -0.05) is 42.8 Å². The molecule has 1 aromatic heterocycles. The molecule has 1 aromatic carbocycles. The van der Waals surface area contributed by atoms with E-state index in [2.05, 4.69) is 46.7 Å². The number of nitrogens with two attached hydrogens (primary N) is 1. The van der Waals surface area contributed by atoms with E-state index in [1.54, 1.807) is 6.20 Å². The SMILES string of the molecule is CNC(c1cccnc1N)C1(c2ccccc2)CCC1. The first-order valence-corrected chi connectivity index (χ1v) is 7.21. The third-order valence-corrected chi connectivity index (χ3v) is 4.62. The number of nitrogens with zero attached hydrogens (tertiary/aromatic N) is 1. The maximum absolute atomic E-state index is 6.10. The van der Waals surface area contributed by atoms with Crippen LogP contribution in [0.2, 0.25) is 0 Å². The number of anilines is 1. The van der Waals surface area contributed by atoms with E-state index in [1.165, 1.54) is 24.8 Å². The van der Waals surface area contributed by atoms with Crippen molar-refractivity contribution >= 4 is 5.82 Å². The van der Waals surface area contributed by atoms with Crippen LogP contribution in [-0.4, -0.2) is 12.0 Å². The molecule has 104 valence electrons. The predicted octanol–water partition coefficient (Wildman–Crippen LogP) is 3.05. The summed E-state index contributed by atoms with van der Waals surface area (Å²) in [7, 11) is 2.01. The molecular formula is C17H21N3. The molecule has 0 bridgehead atoms. The molecule has 0 aliphatic heterocycles. The largest absolute Gasteiger partial charge is 0.383 e. The molecule has 3 rings (SSSR count). The number of rotatable bonds is 4. The lowest BCUT2D eigenvalue weighted by molar-refractivity contribution is 0.176. The number of likely N-dealkylation sites (N-methyl/N-ethyl adjacent to an activating group) is 1. The average molecular weight is 267 g/mol. The van der Waals surface area contributed by atoms with Crippen molar-refractivity contribution in [2.45, 2.75) is 30.7 Å². The van der Waals surface area contributed by atoms with E-state index in [0.717, 1.165) is 5.56 Å². The van der Waals surface area contributed by atoms with Gasteiger partial charge in [-0.25, -0.2) is 4.98 Å². The Labute approximate surface area is 120 Å². The summed E-state index contributed by atoms with van der Waals surface area (Å²) in [5.74, 6) is 0.633. The Kier molecular flexibility index (Phi) is 3.45. The van der Waals surface area contributed by atoms with Crippen LogP contribution in [0, 0.1) is 0 Å². The van der Waals surface area contributed by atoms with Gasteiger partial charge in [0.05, 0.1) is 0 Å². The highest BCUT2D eigenvalue weighted by Gasteiger charge is 2.46. The summed E-state index contributed by atoms with van der Waals surface area (Å²) in [4.78, 5) is 4.25. The summed E-state index contributed by atoms with van der Waals surface area (Å²) >= 11 is 0. The first kappa shape index (κ1) is 13.1. The van der Waals surface area contributed by atoms with E-state index in [9.17, 15) is 0 Å². The molecule has 0 radical (unpaired) electrons. The van der Waals surface area contributed by atoms with Crippen LogP contribution in [0.5, 0.6) is 0 Å². The second-order valence-electron chi connectivity index (χ2n) is 5.58. The highest BCUT2D eigenvalue weighted by Crippen LogP contribution is 2.52. The minimum Gasteiger partial charge on any atom is -0.383 e. The van der Waals surface area contributed by atoms with Crippen LogP contribution in [0.25, 0.3) is 0 Å². The lowest BCUT2D eigenvalue weighted by atomic mass is 9.59. The van der Waals surface area contributed by atoms with Crippen LogP contribution in [0.4, 0.5) is 5.82 Å². The van der Waals surface area contributed by atoms with Gasteiger partial charge in [0.25, 0.3) is 0 Å². The van der Waals surface area contributed by atoms with Crippen LogP contribution < -0.4 is 11.1 Å². The lowest BCUT2D eigenvalue weighted by Gasteiger charge is -2.48. The zero-order valence-corrected chi connectivity index (χ0v) is 11.8. The molecule has 1 heterocycles. The van der Waals surface area contributed by atoms with E-state index in [-0.39, 0.29) is 11.5 Å². The van der Waals surface area contributed by atoms with Gasteiger partial charge in [0.1, 0.15) is 5.82 Å². The molecule has 1 aliphatic carbocycles. The van der Waals surface area contributed by atoms with Crippen molar-refractivity contribution in [3.63, 3.8) is 0 Å². The van der Waals surface area contributed by atoms with Gasteiger partial charge >= 0.3 is 0 Å². The summed E-state index contributed by atoms with van der Waals surface area (Å²) in [6, 6.07) is 15.0. The number of pyridine rings is 1. The average Bonchev–Trinajstić information content (AvgIpc) is 2.45. The van der Waals surface area contributed by atoms with Crippen LogP contribution in [0.3, 0.4) is 0 Å². The van der Waals surface area contributed by atoms with Crippen LogP contribution in [0.1, 0.15) is 36.4 Å². The highest BCUT2D eigenvalue weighted by molar-refractivity contribution is 5.45. The van der Waals surface area contributed by atoms with Gasteiger partial charge in [-0.05, 0) is 31.5 Å². The number of aromatic nitrogens is 1. The van der Waals surface area contributed by atoms with E-state index >= 15 is 0 Å². The molecule has 1 aliphatic rings. The molecule has 0 spiro atoms. The second-order valence-corrected chi connectivity index (χ2v) is 5.58. The van der Waals surface area contributed by atoms with E-state index < -0.39 is 0 Å². The number of hydrogen-bond acceptors (Lipinski definition) is 3. The van der Waals surface area contributed by atoms with Gasteiger partial charge in [-0.3, -0.25) is 0 Å². The fourth-order valence-corrected chi connectivity index (χ4v) is 3.48. The first-order valence-electron chi connectivity index (χ1n) is 7.21. The Hall–Kier alpha value is -1.87. The molecule has 0 amide bonds. The van der Waals surface area contributed by atoms with Crippen LogP contribution in [0.15, 0.2) is 48.7 Å². The number of benzene rings is 1. The fourth-order valence-electron chi connectivity index (χ4n) is 3.48. The molecule has 3 heteroatoms. The minimum atomic E-state index is 0.146. The molecule has 0 saturated heterocycles. The van der Waals surface area contributed by atoms with Gasteiger partial charge in [0, 0.05) is 23.2 Å². The summed E-state index contributed by atoms with van der Waals surface area (Å²) in [6.07, 6.45) is 5.41. The van der Waals surface area contributed by atoms with Crippen molar-refractivity contribution in [3.05, 3.63) is 59.8 Å². The topological polar surface area (TPSA) is 50.9 Å². The summed E-state index contributed by atoms with van der Waals surface area (Å²) < 4.78 is 0. The molecule has 3 N–H and O–H groups in total. The van der Waals surface area contributed by atoms with Gasteiger partial charge in [0.2, 0.25) is 0 Å². The Morgan fingerprint density at radius 1 is 1.15 bits per heavy atom. The van der Waals surface area contributed by atoms with E-state index in [0.29, 0.717) is 5.82 Å². The van der Waals surface area contributed by atoms with Gasteiger partial charge in [-0.15, -0.1) is 0 Å². The summed E-state index contributed by atoms with van der Waals surface area (Å²) in [6.45, 7) is 0. The molecule has 1 fully saturated rings. The third kappa shape index (κ3) is 1.98. The second kappa shape index (κ2) is 5.25. The molecule has 1 saturated carbocycles. The maximum atomic E-state index is 6.10. The third-order valence-electron chi connectivity index (χ3n) is 4.62. The standard InChI is InChI=1S/C17H21N3/c1-19-15(14-9-5-12-20-16(14)18)17(10-6-11-17)13-7-3-2-4-8-13/h2-5,7-9,12,15,19H,6,10-11H2,1H3,(H2,18,20). The fraction of sp³-hybridized carbons (Fsp3) is 0.353. The monoisotopic (exact) mass is 267 g/mol. The molecule has 20 heavy (non-hydrogen) atoms. The summed E-state index contributed by atoms with van der Waals surface area (Å²) in [5, 5.41) is 3.48. The van der Waals surface area contributed by atoms with Crippen LogP contribution >= 0.6 is 0 Å². The number of nitrogens with one attached hydrogen (secondary N) is 1. The van der Waals surface area contributed by atoms with Crippen molar-refractivity contribution < 1.29 is 0 Å². The highest BCUT2D eigenvalue weighted by atomic mass is 14.9. The zero-order chi connectivity index (χ0) is 14.0. The van der Waals surface area contributed by atoms with E-state index in [1.807, 2.05) is 13.1 Å². The quantitative estimate of drug-likeness (QED) is 0.895. The van der Waals surface area contributed by atoms with Gasteiger partial charge in [0.15, 0.2) is 0 Å². The number of nitrogen functional groups attached to an aromatic ring is 1. The van der Waals surface area contributed by atoms with Crippen molar-refractivity contribution in [2.24, 2.45) is 0 Å². The van der Waals surface area contributed by atoms with Gasteiger partial charge in [-0.2, -0.15) is 0 Å². The van der Waals surface area contributed by atoms with Crippen molar-refractivity contribution in [1.82, 2.24) is 10.3 Å². The molecule has 1 atom stereocenters. The number of hydrogen-bond donors (Lipinski definition) is 2. The summed E-state index contributed by atoms with van der Waals surface area (Å²) in [5.41, 5.74) is 8.75. The molecule has 1 unspecified atom stereocenters. The lowest BCUT2D eigenvalue weighted by Crippen LogP contribution is -2.46. The first-order chi connectivity index (χ1) is 9.78. The normalized spacial score (nSPS) is 18.2. The van der Waals surface area contributed by atoms with Crippen LogP contribution in [-0.2, 0) is 5.41 Å². The van der Waals surface area contributed by atoms with Crippen molar-refractivity contribution in [3.8, 4) is 0 Å². The van der Waals surface area contributed by atoms with Crippen molar-refractivity contribution in [1.29, 1.82) is 0 Å². The molecule has 3 nitrogen and oxygen atoms in total. The molecule has 2 aromatic rings.